The van der Waals surface area contributed by atoms with Crippen molar-refractivity contribution < 1.29 is 19.5 Å². The van der Waals surface area contributed by atoms with Gasteiger partial charge in [-0.3, -0.25) is 14.4 Å². The second kappa shape index (κ2) is 9.40. The van der Waals surface area contributed by atoms with E-state index in [0.29, 0.717) is 29.9 Å². The van der Waals surface area contributed by atoms with Gasteiger partial charge in [-0.2, -0.15) is 0 Å². The number of benzene rings is 2. The van der Waals surface area contributed by atoms with Gasteiger partial charge in [-0.05, 0) is 54.7 Å². The van der Waals surface area contributed by atoms with Crippen LogP contribution in [0.3, 0.4) is 0 Å². The maximum atomic E-state index is 12.3. The molecule has 0 unspecified atom stereocenters. The second-order valence-electron chi connectivity index (χ2n) is 8.29. The van der Waals surface area contributed by atoms with E-state index in [1.165, 1.54) is 5.56 Å². The lowest BCUT2D eigenvalue weighted by atomic mass is 10.0. The number of carbonyl (C=O) groups is 3. The van der Waals surface area contributed by atoms with Crippen LogP contribution in [0.1, 0.15) is 36.5 Å². The van der Waals surface area contributed by atoms with Gasteiger partial charge in [0.05, 0.1) is 6.10 Å². The molecule has 2 heterocycles. The third-order valence-electron chi connectivity index (χ3n) is 6.02. The first-order valence-electron chi connectivity index (χ1n) is 10.9. The number of hydrogen-bond acceptors (Lipinski definition) is 5. The van der Waals surface area contributed by atoms with E-state index in [1.807, 2.05) is 31.3 Å². The van der Waals surface area contributed by atoms with E-state index in [1.54, 1.807) is 23.1 Å². The van der Waals surface area contributed by atoms with Gasteiger partial charge in [0.15, 0.2) is 0 Å². The molecule has 3 amide bonds. The van der Waals surface area contributed by atoms with E-state index in [2.05, 4.69) is 15.5 Å². The average molecular weight is 437 g/mol. The quantitative estimate of drug-likeness (QED) is 0.622. The van der Waals surface area contributed by atoms with Crippen LogP contribution in [-0.2, 0) is 20.8 Å². The summed E-state index contributed by atoms with van der Waals surface area (Å²) in [6, 6.07) is 12.7. The molecule has 2 aromatic carbocycles. The number of piperidine rings is 1. The average Bonchev–Trinajstić information content (AvgIpc) is 3.17. The summed E-state index contributed by atoms with van der Waals surface area (Å²) in [6.07, 6.45) is 2.36. The number of carbonyl (C=O) groups excluding carboxylic acids is 3. The summed E-state index contributed by atoms with van der Waals surface area (Å²) in [5.41, 5.74) is 4.16. The fraction of sp³-hybridized carbons (Fsp3) is 0.375. The molecule has 8 nitrogen and oxygen atoms in total. The number of amides is 3. The summed E-state index contributed by atoms with van der Waals surface area (Å²) in [5, 5.41) is 15.5. The molecule has 1 fully saturated rings. The molecule has 0 saturated carbocycles. The number of rotatable bonds is 5. The first-order valence-corrected chi connectivity index (χ1v) is 10.9. The Balaban J connectivity index is 1.32. The lowest BCUT2D eigenvalue weighted by molar-refractivity contribution is -0.136. The van der Waals surface area contributed by atoms with Crippen LogP contribution in [0.4, 0.5) is 17.1 Å². The second-order valence-corrected chi connectivity index (χ2v) is 8.29. The van der Waals surface area contributed by atoms with Gasteiger partial charge in [0.2, 0.25) is 5.91 Å². The zero-order chi connectivity index (χ0) is 22.7. The highest BCUT2D eigenvalue weighted by molar-refractivity contribution is 6.39. The van der Waals surface area contributed by atoms with Gasteiger partial charge in [-0.1, -0.05) is 18.2 Å². The summed E-state index contributed by atoms with van der Waals surface area (Å²) >= 11 is 0. The topological polar surface area (TPSA) is 102 Å². The van der Waals surface area contributed by atoms with Gasteiger partial charge in [0.25, 0.3) is 0 Å². The Morgan fingerprint density at radius 3 is 2.72 bits per heavy atom. The third-order valence-corrected chi connectivity index (χ3v) is 6.02. The molecule has 0 bridgehead atoms. The number of nitrogens with zero attached hydrogens (tertiary/aromatic N) is 2. The van der Waals surface area contributed by atoms with Crippen molar-refractivity contribution in [1.82, 2.24) is 5.32 Å². The van der Waals surface area contributed by atoms with Crippen molar-refractivity contribution in [3.8, 4) is 0 Å². The van der Waals surface area contributed by atoms with Crippen LogP contribution in [0.15, 0.2) is 42.5 Å². The molecule has 1 saturated heterocycles. The molecule has 1 atom stereocenters. The number of anilines is 3. The number of aliphatic hydroxyl groups excluding tert-OH is 1. The van der Waals surface area contributed by atoms with Crippen LogP contribution in [0.5, 0.6) is 0 Å². The van der Waals surface area contributed by atoms with E-state index in [-0.39, 0.29) is 12.5 Å². The lowest BCUT2D eigenvalue weighted by Gasteiger charge is -2.27. The van der Waals surface area contributed by atoms with Crippen LogP contribution in [0, 0.1) is 0 Å². The Kier molecular flexibility index (Phi) is 6.41. The third kappa shape index (κ3) is 4.75. The maximum Gasteiger partial charge on any atom is 0.313 e. The maximum absolute atomic E-state index is 12.3. The van der Waals surface area contributed by atoms with Crippen molar-refractivity contribution in [1.29, 1.82) is 0 Å². The molecule has 32 heavy (non-hydrogen) atoms. The van der Waals surface area contributed by atoms with Gasteiger partial charge >= 0.3 is 11.8 Å². The van der Waals surface area contributed by atoms with Crippen LogP contribution in [0.25, 0.3) is 0 Å². The highest BCUT2D eigenvalue weighted by Gasteiger charge is 2.22. The van der Waals surface area contributed by atoms with E-state index < -0.39 is 17.9 Å². The van der Waals surface area contributed by atoms with Crippen molar-refractivity contribution in [3.05, 3.63) is 53.6 Å². The Bertz CT molecular complexity index is 1040. The Morgan fingerprint density at radius 1 is 1.06 bits per heavy atom. The van der Waals surface area contributed by atoms with Crippen LogP contribution in [-0.4, -0.2) is 49.5 Å². The fourth-order valence-electron chi connectivity index (χ4n) is 4.20. The molecule has 4 rings (SSSR count). The molecular formula is C24H28N4O4. The normalized spacial score (nSPS) is 16.5. The summed E-state index contributed by atoms with van der Waals surface area (Å²) in [4.78, 5) is 40.5. The zero-order valence-corrected chi connectivity index (χ0v) is 18.1. The van der Waals surface area contributed by atoms with E-state index in [0.717, 1.165) is 31.5 Å². The lowest BCUT2D eigenvalue weighted by Crippen LogP contribution is -2.38. The highest BCUT2D eigenvalue weighted by atomic mass is 16.3. The van der Waals surface area contributed by atoms with Crippen molar-refractivity contribution in [3.63, 3.8) is 0 Å². The molecule has 0 radical (unpaired) electrons. The van der Waals surface area contributed by atoms with Crippen molar-refractivity contribution in [2.75, 3.05) is 41.8 Å². The predicted molar refractivity (Wildman–Crippen MR) is 123 cm³/mol. The Labute approximate surface area is 187 Å². The largest absolute Gasteiger partial charge is 0.387 e. The molecule has 0 aromatic heterocycles. The molecule has 168 valence electrons. The van der Waals surface area contributed by atoms with Gasteiger partial charge in [0, 0.05) is 50.2 Å². The van der Waals surface area contributed by atoms with Gasteiger partial charge in [-0.15, -0.1) is 0 Å². The van der Waals surface area contributed by atoms with Crippen LogP contribution < -0.4 is 20.4 Å². The smallest absolute Gasteiger partial charge is 0.313 e. The molecule has 2 aliphatic rings. The number of likely N-dealkylation sites (N-methyl/N-ethyl adjacent to an activating group) is 1. The standard InChI is InChI=1S/C24H28N4O4/c1-27-12-10-16-13-17(8-9-20(16)27)21(29)15-25-23(31)24(32)26-18-5-4-6-19(14-18)28-11-3-2-7-22(28)30/h4-6,8-9,13-14,21,29H,2-3,7,10-12,15H2,1H3,(H,25,31)(H,26,32)/t21-/m0/s1. The van der Waals surface area contributed by atoms with Crippen molar-refractivity contribution >= 4 is 34.8 Å². The van der Waals surface area contributed by atoms with Gasteiger partial charge < -0.3 is 25.5 Å². The van der Waals surface area contributed by atoms with E-state index in [4.69, 9.17) is 0 Å². The zero-order valence-electron chi connectivity index (χ0n) is 18.1. The minimum atomic E-state index is -0.906. The summed E-state index contributed by atoms with van der Waals surface area (Å²) < 4.78 is 0. The van der Waals surface area contributed by atoms with Crippen LogP contribution >= 0.6 is 0 Å². The van der Waals surface area contributed by atoms with Gasteiger partial charge in [0.1, 0.15) is 0 Å². The molecule has 3 N–H and O–H groups in total. The molecule has 0 spiro atoms. The predicted octanol–water partition coefficient (Wildman–Crippen LogP) is 1.98. The molecule has 2 aliphatic heterocycles. The molecule has 8 heteroatoms. The van der Waals surface area contributed by atoms with Crippen LogP contribution in [0.2, 0.25) is 0 Å². The summed E-state index contributed by atoms with van der Waals surface area (Å²) in [5.74, 6) is -1.59. The van der Waals surface area contributed by atoms with E-state index in [9.17, 15) is 19.5 Å². The Morgan fingerprint density at radius 2 is 1.91 bits per heavy atom. The molecule has 2 aromatic rings. The SMILES string of the molecule is CN1CCc2cc([C@@H](O)CNC(=O)C(=O)Nc3cccc(N4CCCCC4=O)c3)ccc21. The highest BCUT2D eigenvalue weighted by Crippen LogP contribution is 2.29. The monoisotopic (exact) mass is 436 g/mol. The number of aliphatic hydroxyl groups is 1. The minimum absolute atomic E-state index is 0.0599. The van der Waals surface area contributed by atoms with Crippen molar-refractivity contribution in [2.24, 2.45) is 0 Å². The first-order chi connectivity index (χ1) is 15.4. The number of fused-ring (bicyclic) bond motifs is 1. The fourth-order valence-corrected chi connectivity index (χ4v) is 4.20. The number of hydrogen-bond donors (Lipinski definition) is 3. The van der Waals surface area contributed by atoms with Gasteiger partial charge in [-0.25, -0.2) is 0 Å². The summed E-state index contributed by atoms with van der Waals surface area (Å²) in [6.45, 7) is 1.52. The molecule has 0 aliphatic carbocycles. The van der Waals surface area contributed by atoms with Crippen molar-refractivity contribution in [2.45, 2.75) is 31.8 Å². The summed E-state index contributed by atoms with van der Waals surface area (Å²) in [7, 11) is 2.03. The minimum Gasteiger partial charge on any atom is -0.387 e. The molecular weight excluding hydrogens is 408 g/mol. The Hall–Kier alpha value is -3.39. The van der Waals surface area contributed by atoms with E-state index >= 15 is 0 Å². The number of nitrogens with one attached hydrogen (secondary N) is 2. The first kappa shape index (κ1) is 21.8.